The van der Waals surface area contributed by atoms with Crippen molar-refractivity contribution in [3.8, 4) is 5.75 Å². The lowest BCUT2D eigenvalue weighted by molar-refractivity contribution is 0.0495. The summed E-state index contributed by atoms with van der Waals surface area (Å²) in [7, 11) is 0. The van der Waals surface area contributed by atoms with Crippen molar-refractivity contribution in [1.82, 2.24) is 0 Å². The van der Waals surface area contributed by atoms with Gasteiger partial charge in [0.05, 0.1) is 12.2 Å². The first-order valence-electron chi connectivity index (χ1n) is 12.4. The molecule has 0 atom stereocenters. The van der Waals surface area contributed by atoms with Crippen molar-refractivity contribution < 1.29 is 14.6 Å². The Morgan fingerprint density at radius 3 is 1.73 bits per heavy atom. The second kappa shape index (κ2) is 15.3. The van der Waals surface area contributed by atoms with Crippen molar-refractivity contribution in [3.05, 3.63) is 29.3 Å². The highest BCUT2D eigenvalue weighted by Gasteiger charge is 2.23. The van der Waals surface area contributed by atoms with Crippen LogP contribution in [0, 0.1) is 0 Å². The molecule has 30 heavy (non-hydrogen) atoms. The third-order valence-electron chi connectivity index (χ3n) is 5.76. The predicted molar refractivity (Wildman–Crippen MR) is 127 cm³/mol. The Labute approximate surface area is 185 Å². The molecule has 0 radical (unpaired) electrons. The Morgan fingerprint density at radius 1 is 0.800 bits per heavy atom. The van der Waals surface area contributed by atoms with Crippen molar-refractivity contribution in [3.63, 3.8) is 0 Å². The highest BCUT2D eigenvalue weighted by molar-refractivity contribution is 5.91. The number of rotatable bonds is 16. The standard InChI is InChI=1S/C27H46O3/c1-5-6-7-8-9-10-11-12-13-14-15-16-17-18-21-30-26(29)24-20-19-23(28)22-25(24)27(2,3)4/h19-20,22,28H,5-18,21H2,1-4H3. The Bertz CT molecular complexity index is 586. The van der Waals surface area contributed by atoms with E-state index in [1.54, 1.807) is 18.2 Å². The number of esters is 1. The van der Waals surface area contributed by atoms with Gasteiger partial charge in [0, 0.05) is 0 Å². The first-order chi connectivity index (χ1) is 14.4. The number of phenols is 1. The number of phenolic OH excluding ortho intramolecular Hbond substituents is 1. The molecule has 3 nitrogen and oxygen atoms in total. The van der Waals surface area contributed by atoms with Gasteiger partial charge >= 0.3 is 5.97 Å². The van der Waals surface area contributed by atoms with Crippen molar-refractivity contribution in [2.24, 2.45) is 0 Å². The van der Waals surface area contributed by atoms with E-state index in [-0.39, 0.29) is 17.1 Å². The SMILES string of the molecule is CCCCCCCCCCCCCCCCOC(=O)c1ccc(O)cc1C(C)(C)C. The molecule has 1 N–H and O–H groups in total. The normalized spacial score (nSPS) is 11.6. The molecule has 0 unspecified atom stereocenters. The molecule has 0 heterocycles. The van der Waals surface area contributed by atoms with Crippen LogP contribution in [0.25, 0.3) is 0 Å². The van der Waals surface area contributed by atoms with Crippen molar-refractivity contribution in [1.29, 1.82) is 0 Å². The Balaban J connectivity index is 2.05. The summed E-state index contributed by atoms with van der Waals surface area (Å²) in [5.41, 5.74) is 1.17. The van der Waals surface area contributed by atoms with Crippen LogP contribution in [0.5, 0.6) is 5.75 Å². The van der Waals surface area contributed by atoms with Crippen LogP contribution in [0.1, 0.15) is 134 Å². The van der Waals surface area contributed by atoms with Gasteiger partial charge in [-0.15, -0.1) is 0 Å². The maximum absolute atomic E-state index is 12.5. The van der Waals surface area contributed by atoms with E-state index in [2.05, 4.69) is 6.92 Å². The summed E-state index contributed by atoms with van der Waals surface area (Å²) in [4.78, 5) is 12.5. The summed E-state index contributed by atoms with van der Waals surface area (Å²) < 4.78 is 5.49. The van der Waals surface area contributed by atoms with Gasteiger partial charge in [0.15, 0.2) is 0 Å². The van der Waals surface area contributed by atoms with Gasteiger partial charge < -0.3 is 9.84 Å². The van der Waals surface area contributed by atoms with Gasteiger partial charge in [-0.3, -0.25) is 0 Å². The fourth-order valence-corrected chi connectivity index (χ4v) is 3.87. The van der Waals surface area contributed by atoms with Crippen LogP contribution in [-0.2, 0) is 10.2 Å². The Kier molecular flexibility index (Phi) is 13.5. The minimum atomic E-state index is -0.283. The zero-order chi connectivity index (χ0) is 22.2. The van der Waals surface area contributed by atoms with E-state index < -0.39 is 0 Å². The van der Waals surface area contributed by atoms with Crippen LogP contribution in [0.4, 0.5) is 0 Å². The number of unbranched alkanes of at least 4 members (excludes halogenated alkanes) is 13. The summed E-state index contributed by atoms with van der Waals surface area (Å²) >= 11 is 0. The summed E-state index contributed by atoms with van der Waals surface area (Å²) in [6.45, 7) is 8.85. The van der Waals surface area contributed by atoms with Crippen LogP contribution in [0.2, 0.25) is 0 Å². The number of carbonyl (C=O) groups excluding carboxylic acids is 1. The summed E-state index contributed by atoms with van der Waals surface area (Å²) in [6, 6.07) is 4.89. The van der Waals surface area contributed by atoms with Crippen LogP contribution in [0.15, 0.2) is 18.2 Å². The molecule has 172 valence electrons. The van der Waals surface area contributed by atoms with E-state index in [4.69, 9.17) is 4.74 Å². The molecule has 1 aromatic carbocycles. The lowest BCUT2D eigenvalue weighted by atomic mass is 9.83. The highest BCUT2D eigenvalue weighted by atomic mass is 16.5. The smallest absolute Gasteiger partial charge is 0.338 e. The predicted octanol–water partition coefficient (Wildman–Crippen LogP) is 8.33. The average Bonchev–Trinajstić information content (AvgIpc) is 2.70. The number of ether oxygens (including phenoxy) is 1. The van der Waals surface area contributed by atoms with E-state index in [1.165, 1.54) is 77.0 Å². The minimum Gasteiger partial charge on any atom is -0.508 e. The van der Waals surface area contributed by atoms with Crippen LogP contribution >= 0.6 is 0 Å². The number of aromatic hydroxyl groups is 1. The number of carbonyl (C=O) groups is 1. The molecule has 0 saturated heterocycles. The second-order valence-electron chi connectivity index (χ2n) is 9.71. The van der Waals surface area contributed by atoms with Crippen LogP contribution < -0.4 is 0 Å². The quantitative estimate of drug-likeness (QED) is 0.217. The van der Waals surface area contributed by atoms with E-state index in [1.807, 2.05) is 20.8 Å². The summed E-state index contributed by atoms with van der Waals surface area (Å²) in [5, 5.41) is 9.75. The zero-order valence-electron chi connectivity index (χ0n) is 20.1. The molecule has 0 bridgehead atoms. The van der Waals surface area contributed by atoms with Gasteiger partial charge in [-0.1, -0.05) is 111 Å². The van der Waals surface area contributed by atoms with E-state index >= 15 is 0 Å². The van der Waals surface area contributed by atoms with Crippen LogP contribution in [-0.4, -0.2) is 17.7 Å². The molecule has 1 aromatic rings. The van der Waals surface area contributed by atoms with Gasteiger partial charge in [-0.05, 0) is 35.6 Å². The third-order valence-corrected chi connectivity index (χ3v) is 5.76. The van der Waals surface area contributed by atoms with Crippen molar-refractivity contribution in [2.75, 3.05) is 6.61 Å². The van der Waals surface area contributed by atoms with E-state index in [0.29, 0.717) is 12.2 Å². The van der Waals surface area contributed by atoms with E-state index in [0.717, 1.165) is 18.4 Å². The molecular weight excluding hydrogens is 372 g/mol. The molecule has 0 aromatic heterocycles. The van der Waals surface area contributed by atoms with E-state index in [9.17, 15) is 9.90 Å². The lowest BCUT2D eigenvalue weighted by Crippen LogP contribution is -2.18. The van der Waals surface area contributed by atoms with Gasteiger partial charge in [0.25, 0.3) is 0 Å². The summed E-state index contributed by atoms with van der Waals surface area (Å²) in [5.74, 6) is -0.0990. The molecule has 0 amide bonds. The molecule has 0 fully saturated rings. The molecule has 1 rings (SSSR count). The van der Waals surface area contributed by atoms with Gasteiger partial charge in [-0.2, -0.15) is 0 Å². The molecule has 0 aliphatic rings. The number of hydrogen-bond donors (Lipinski definition) is 1. The van der Waals surface area contributed by atoms with Gasteiger partial charge in [-0.25, -0.2) is 4.79 Å². The van der Waals surface area contributed by atoms with Gasteiger partial charge in [0.2, 0.25) is 0 Å². The fourth-order valence-electron chi connectivity index (χ4n) is 3.87. The van der Waals surface area contributed by atoms with Crippen molar-refractivity contribution >= 4 is 5.97 Å². The lowest BCUT2D eigenvalue weighted by Gasteiger charge is -2.22. The maximum atomic E-state index is 12.5. The molecular formula is C27H46O3. The zero-order valence-corrected chi connectivity index (χ0v) is 20.1. The molecule has 0 saturated carbocycles. The van der Waals surface area contributed by atoms with Crippen LogP contribution in [0.3, 0.4) is 0 Å². The molecule has 0 aliphatic carbocycles. The topological polar surface area (TPSA) is 46.5 Å². The maximum Gasteiger partial charge on any atom is 0.338 e. The molecule has 0 aliphatic heterocycles. The van der Waals surface area contributed by atoms with Gasteiger partial charge in [0.1, 0.15) is 5.75 Å². The minimum absolute atomic E-state index is 0.184. The van der Waals surface area contributed by atoms with Crippen molar-refractivity contribution in [2.45, 2.75) is 123 Å². The average molecular weight is 419 g/mol. The Hall–Kier alpha value is -1.51. The molecule has 3 heteroatoms. The summed E-state index contributed by atoms with van der Waals surface area (Å²) in [6.07, 6.45) is 18.4. The number of benzene rings is 1. The number of hydrogen-bond acceptors (Lipinski definition) is 3. The first-order valence-corrected chi connectivity index (χ1v) is 12.4. The fraction of sp³-hybridized carbons (Fsp3) is 0.741. The largest absolute Gasteiger partial charge is 0.508 e. The monoisotopic (exact) mass is 418 g/mol. The second-order valence-corrected chi connectivity index (χ2v) is 9.71. The Morgan fingerprint density at radius 2 is 1.27 bits per heavy atom. The highest BCUT2D eigenvalue weighted by Crippen LogP contribution is 2.29. The molecule has 0 spiro atoms. The third kappa shape index (κ3) is 11.6. The first kappa shape index (κ1) is 26.5.